The zero-order valence-corrected chi connectivity index (χ0v) is 17.3. The Morgan fingerprint density at radius 1 is 0.968 bits per heavy atom. The van der Waals surface area contributed by atoms with E-state index in [1.54, 1.807) is 12.1 Å². The van der Waals surface area contributed by atoms with Crippen LogP contribution in [0, 0.1) is 0 Å². The lowest BCUT2D eigenvalue weighted by Crippen LogP contribution is -2.27. The third kappa shape index (κ3) is 5.17. The molecule has 0 bridgehead atoms. The molecule has 3 aromatic carbocycles. The van der Waals surface area contributed by atoms with Crippen molar-refractivity contribution in [1.82, 2.24) is 15.3 Å². The number of para-hydroxylation sites is 2. The molecule has 4 rings (SSSR count). The molecule has 0 radical (unpaired) electrons. The molecule has 0 fully saturated rings. The molecule has 31 heavy (non-hydrogen) atoms. The van der Waals surface area contributed by atoms with E-state index in [9.17, 15) is 9.59 Å². The highest BCUT2D eigenvalue weighted by Crippen LogP contribution is 2.19. The standard InChI is InChI=1S/C25H24N4O2/c1-17(26-24(30)15-14-23-28-21-12-5-6-13-22(21)29-23)19-10-7-11-20(16-19)27-25(31)18-8-3-2-4-9-18/h2-13,16-17H,14-15H2,1H3,(H,26,30)(H,27,31)(H,28,29)/t17-/m0/s1. The van der Waals surface area contributed by atoms with Gasteiger partial charge < -0.3 is 15.6 Å². The van der Waals surface area contributed by atoms with Crippen molar-refractivity contribution in [2.75, 3.05) is 5.32 Å². The van der Waals surface area contributed by atoms with Crippen LogP contribution in [0.2, 0.25) is 0 Å². The summed E-state index contributed by atoms with van der Waals surface area (Å²) in [5, 5.41) is 5.92. The first-order chi connectivity index (χ1) is 15.1. The minimum absolute atomic E-state index is 0.0494. The van der Waals surface area contributed by atoms with Crippen molar-refractivity contribution in [1.29, 1.82) is 0 Å². The van der Waals surface area contributed by atoms with E-state index in [4.69, 9.17) is 0 Å². The lowest BCUT2D eigenvalue weighted by Gasteiger charge is -2.15. The summed E-state index contributed by atoms with van der Waals surface area (Å²) in [5.74, 6) is 0.585. The summed E-state index contributed by atoms with van der Waals surface area (Å²) < 4.78 is 0. The van der Waals surface area contributed by atoms with E-state index >= 15 is 0 Å². The van der Waals surface area contributed by atoms with Crippen LogP contribution in [0.1, 0.15) is 41.1 Å². The van der Waals surface area contributed by atoms with Crippen LogP contribution in [0.15, 0.2) is 78.9 Å². The van der Waals surface area contributed by atoms with Crippen LogP contribution in [0.4, 0.5) is 5.69 Å². The fourth-order valence-electron chi connectivity index (χ4n) is 3.43. The minimum Gasteiger partial charge on any atom is -0.350 e. The second kappa shape index (κ2) is 9.26. The van der Waals surface area contributed by atoms with Gasteiger partial charge >= 0.3 is 0 Å². The zero-order valence-electron chi connectivity index (χ0n) is 17.3. The second-order valence-corrected chi connectivity index (χ2v) is 7.44. The summed E-state index contributed by atoms with van der Waals surface area (Å²) >= 11 is 0. The van der Waals surface area contributed by atoms with E-state index in [1.807, 2.05) is 73.7 Å². The van der Waals surface area contributed by atoms with Crippen molar-refractivity contribution >= 4 is 28.5 Å². The Bertz CT molecular complexity index is 1170. The quantitative estimate of drug-likeness (QED) is 0.414. The largest absolute Gasteiger partial charge is 0.350 e. The van der Waals surface area contributed by atoms with Crippen molar-refractivity contribution in [2.45, 2.75) is 25.8 Å². The van der Waals surface area contributed by atoms with Gasteiger partial charge in [0.1, 0.15) is 5.82 Å². The van der Waals surface area contributed by atoms with Gasteiger partial charge in [-0.1, -0.05) is 42.5 Å². The summed E-state index contributed by atoms with van der Waals surface area (Å²) in [7, 11) is 0. The number of hydrogen-bond acceptors (Lipinski definition) is 3. The topological polar surface area (TPSA) is 86.9 Å². The van der Waals surface area contributed by atoms with Gasteiger partial charge in [0, 0.05) is 24.1 Å². The SMILES string of the molecule is C[C@H](NC(=O)CCc1nc2ccccc2[nH]1)c1cccc(NC(=O)c2ccccc2)c1. The van der Waals surface area contributed by atoms with E-state index in [1.165, 1.54) is 0 Å². The molecule has 0 aliphatic rings. The molecule has 0 aliphatic heterocycles. The van der Waals surface area contributed by atoms with Gasteiger partial charge in [-0.15, -0.1) is 0 Å². The highest BCUT2D eigenvalue weighted by atomic mass is 16.2. The summed E-state index contributed by atoms with van der Waals surface area (Å²) in [6, 6.07) is 24.2. The first-order valence-corrected chi connectivity index (χ1v) is 10.3. The van der Waals surface area contributed by atoms with Crippen molar-refractivity contribution in [3.05, 3.63) is 95.8 Å². The Hall–Kier alpha value is -3.93. The molecule has 1 aromatic heterocycles. The van der Waals surface area contributed by atoms with Crippen LogP contribution in [0.5, 0.6) is 0 Å². The number of amides is 2. The number of carbonyl (C=O) groups is 2. The van der Waals surface area contributed by atoms with Crippen LogP contribution in [0.25, 0.3) is 11.0 Å². The fraction of sp³-hybridized carbons (Fsp3) is 0.160. The molecule has 0 saturated carbocycles. The van der Waals surface area contributed by atoms with Crippen LogP contribution in [0.3, 0.4) is 0 Å². The average molecular weight is 412 g/mol. The maximum Gasteiger partial charge on any atom is 0.255 e. The molecule has 0 saturated heterocycles. The van der Waals surface area contributed by atoms with E-state index in [0.29, 0.717) is 24.1 Å². The number of imidazole rings is 1. The summed E-state index contributed by atoms with van der Waals surface area (Å²) in [6.45, 7) is 1.93. The molecular formula is C25H24N4O2. The molecule has 3 N–H and O–H groups in total. The monoisotopic (exact) mass is 412 g/mol. The fourth-order valence-corrected chi connectivity index (χ4v) is 3.43. The lowest BCUT2D eigenvalue weighted by molar-refractivity contribution is -0.121. The summed E-state index contributed by atoms with van der Waals surface area (Å²) in [5.41, 5.74) is 4.08. The molecule has 0 unspecified atom stereocenters. The molecule has 0 spiro atoms. The Morgan fingerprint density at radius 3 is 2.55 bits per heavy atom. The predicted molar refractivity (Wildman–Crippen MR) is 122 cm³/mol. The van der Waals surface area contributed by atoms with Crippen molar-refractivity contribution in [2.24, 2.45) is 0 Å². The molecule has 156 valence electrons. The first-order valence-electron chi connectivity index (χ1n) is 10.3. The normalized spacial score (nSPS) is 11.8. The molecular weight excluding hydrogens is 388 g/mol. The highest BCUT2D eigenvalue weighted by molar-refractivity contribution is 6.04. The number of aryl methyl sites for hydroxylation is 1. The number of fused-ring (bicyclic) bond motifs is 1. The van der Waals surface area contributed by atoms with Gasteiger partial charge in [-0.2, -0.15) is 0 Å². The van der Waals surface area contributed by atoms with Gasteiger partial charge in [0.2, 0.25) is 5.91 Å². The number of anilines is 1. The van der Waals surface area contributed by atoms with Gasteiger partial charge in [-0.25, -0.2) is 4.98 Å². The number of carbonyl (C=O) groups excluding carboxylic acids is 2. The molecule has 6 heteroatoms. The lowest BCUT2D eigenvalue weighted by atomic mass is 10.1. The van der Waals surface area contributed by atoms with Crippen LogP contribution in [-0.2, 0) is 11.2 Å². The van der Waals surface area contributed by atoms with E-state index in [-0.39, 0.29) is 17.9 Å². The molecule has 4 aromatic rings. The third-order valence-corrected chi connectivity index (χ3v) is 5.09. The first kappa shape index (κ1) is 20.3. The van der Waals surface area contributed by atoms with E-state index in [2.05, 4.69) is 20.6 Å². The Balaban J connectivity index is 1.33. The van der Waals surface area contributed by atoms with Crippen LogP contribution in [-0.4, -0.2) is 21.8 Å². The van der Waals surface area contributed by atoms with Gasteiger partial charge in [-0.05, 0) is 48.9 Å². The van der Waals surface area contributed by atoms with Gasteiger partial charge in [0.25, 0.3) is 5.91 Å². The highest BCUT2D eigenvalue weighted by Gasteiger charge is 2.12. The Morgan fingerprint density at radius 2 is 1.74 bits per heavy atom. The summed E-state index contributed by atoms with van der Waals surface area (Å²) in [6.07, 6.45) is 0.884. The number of hydrogen-bond donors (Lipinski definition) is 3. The number of aromatic amines is 1. The Labute approximate surface area is 180 Å². The van der Waals surface area contributed by atoms with Gasteiger partial charge in [-0.3, -0.25) is 9.59 Å². The van der Waals surface area contributed by atoms with Crippen molar-refractivity contribution in [3.8, 4) is 0 Å². The second-order valence-electron chi connectivity index (χ2n) is 7.44. The maximum atomic E-state index is 12.4. The maximum absolute atomic E-state index is 12.4. The van der Waals surface area contributed by atoms with E-state index < -0.39 is 0 Å². The molecule has 1 atom stereocenters. The van der Waals surface area contributed by atoms with Crippen LogP contribution < -0.4 is 10.6 Å². The van der Waals surface area contributed by atoms with Crippen molar-refractivity contribution in [3.63, 3.8) is 0 Å². The molecule has 1 heterocycles. The molecule has 0 aliphatic carbocycles. The molecule has 6 nitrogen and oxygen atoms in total. The zero-order chi connectivity index (χ0) is 21.6. The number of aromatic nitrogens is 2. The predicted octanol–water partition coefficient (Wildman–Crippen LogP) is 4.63. The number of benzene rings is 3. The van der Waals surface area contributed by atoms with Crippen molar-refractivity contribution < 1.29 is 9.59 Å². The Kier molecular flexibility index (Phi) is 6.08. The van der Waals surface area contributed by atoms with E-state index in [0.717, 1.165) is 22.4 Å². The number of H-pyrrole nitrogens is 1. The minimum atomic E-state index is -0.184. The average Bonchev–Trinajstić information content (AvgIpc) is 3.21. The third-order valence-electron chi connectivity index (χ3n) is 5.09. The number of nitrogens with zero attached hydrogens (tertiary/aromatic N) is 1. The van der Waals surface area contributed by atoms with Gasteiger partial charge in [0.15, 0.2) is 0 Å². The smallest absolute Gasteiger partial charge is 0.255 e. The molecule has 2 amide bonds. The number of nitrogens with one attached hydrogen (secondary N) is 3. The number of rotatable bonds is 7. The van der Waals surface area contributed by atoms with Gasteiger partial charge in [0.05, 0.1) is 17.1 Å². The summed E-state index contributed by atoms with van der Waals surface area (Å²) in [4.78, 5) is 32.6. The van der Waals surface area contributed by atoms with Crippen LogP contribution >= 0.6 is 0 Å².